The molecule has 0 aliphatic rings. The third-order valence-electron chi connectivity index (χ3n) is 4.47. The Hall–Kier alpha value is -2.07. The van der Waals surface area contributed by atoms with Gasteiger partial charge in [-0.3, -0.25) is 0 Å². The third kappa shape index (κ3) is 7.16. The van der Waals surface area contributed by atoms with Gasteiger partial charge in [0.2, 0.25) is 0 Å². The largest absolute Gasteiger partial charge is 0.497 e. The van der Waals surface area contributed by atoms with E-state index in [4.69, 9.17) is 9.47 Å². The fraction of sp³-hybridized carbons (Fsp3) is 0.591. The van der Waals surface area contributed by atoms with Crippen LogP contribution in [0, 0.1) is 17.8 Å². The number of aliphatic hydroxyl groups excluding tert-OH is 1. The molecule has 6 heteroatoms. The Morgan fingerprint density at radius 1 is 1.21 bits per heavy atom. The number of carboxylic acids is 1. The summed E-state index contributed by atoms with van der Waals surface area (Å²) in [4.78, 5) is 11.9. The summed E-state index contributed by atoms with van der Waals surface area (Å²) in [6, 6.07) is 7.04. The van der Waals surface area contributed by atoms with Crippen LogP contribution in [-0.4, -0.2) is 39.8 Å². The number of benzene rings is 1. The van der Waals surface area contributed by atoms with Crippen molar-refractivity contribution in [1.82, 2.24) is 0 Å². The minimum atomic E-state index is -1.66. The first-order valence-electron chi connectivity index (χ1n) is 9.49. The standard InChI is InChI=1S/C22H32O6/c1-6-7-9-17(22(4,20(24)25)28-21(2,3)26)10-8-11-19(23)16-12-14-18(27-5)15-13-16/h12-15,17,19,23,26H,6-7,9,11H2,1-5H3,(H,24,25)/t17?,19?,22-/m0/s1. The van der Waals surface area contributed by atoms with Gasteiger partial charge in [-0.1, -0.05) is 43.7 Å². The predicted molar refractivity (Wildman–Crippen MR) is 107 cm³/mol. The molecule has 0 saturated carbocycles. The smallest absolute Gasteiger partial charge is 0.337 e. The molecule has 0 spiro atoms. The van der Waals surface area contributed by atoms with Crippen LogP contribution in [0.2, 0.25) is 0 Å². The molecule has 0 aliphatic heterocycles. The lowest BCUT2D eigenvalue weighted by Crippen LogP contribution is -2.50. The Balaban J connectivity index is 2.99. The van der Waals surface area contributed by atoms with Crippen LogP contribution < -0.4 is 4.74 Å². The van der Waals surface area contributed by atoms with E-state index in [0.717, 1.165) is 12.8 Å². The molecular formula is C22H32O6. The van der Waals surface area contributed by atoms with Crippen molar-refractivity contribution in [1.29, 1.82) is 0 Å². The second-order valence-electron chi connectivity index (χ2n) is 7.47. The van der Waals surface area contributed by atoms with Crippen LogP contribution in [0.1, 0.15) is 65.0 Å². The Labute approximate surface area is 167 Å². The summed E-state index contributed by atoms with van der Waals surface area (Å²) in [5, 5.41) is 30.1. The van der Waals surface area contributed by atoms with Gasteiger partial charge in [0.15, 0.2) is 11.4 Å². The number of aliphatic carboxylic acids is 1. The molecule has 28 heavy (non-hydrogen) atoms. The van der Waals surface area contributed by atoms with Crippen molar-refractivity contribution in [2.45, 2.75) is 70.9 Å². The SMILES string of the molecule is CCCCC(C#CCC(O)c1ccc(OC)cc1)[C@](C)(OC(C)(C)O)C(=O)O. The van der Waals surface area contributed by atoms with Crippen molar-refractivity contribution in [3.05, 3.63) is 29.8 Å². The van der Waals surface area contributed by atoms with E-state index in [1.807, 2.05) is 6.92 Å². The van der Waals surface area contributed by atoms with E-state index in [0.29, 0.717) is 17.7 Å². The van der Waals surface area contributed by atoms with Crippen LogP contribution >= 0.6 is 0 Å². The Morgan fingerprint density at radius 3 is 2.29 bits per heavy atom. The highest BCUT2D eigenvalue weighted by molar-refractivity contribution is 5.78. The maximum Gasteiger partial charge on any atom is 0.337 e. The number of hydrogen-bond acceptors (Lipinski definition) is 5. The summed E-state index contributed by atoms with van der Waals surface area (Å²) in [6.45, 7) is 6.23. The quantitative estimate of drug-likeness (QED) is 0.416. The van der Waals surface area contributed by atoms with Crippen molar-refractivity contribution < 1.29 is 29.6 Å². The Morgan fingerprint density at radius 2 is 1.82 bits per heavy atom. The molecule has 6 nitrogen and oxygen atoms in total. The zero-order valence-electron chi connectivity index (χ0n) is 17.4. The molecule has 0 saturated heterocycles. The molecular weight excluding hydrogens is 360 g/mol. The first kappa shape index (κ1) is 24.0. The Bertz CT molecular complexity index is 680. The van der Waals surface area contributed by atoms with E-state index in [9.17, 15) is 20.1 Å². The van der Waals surface area contributed by atoms with Crippen molar-refractivity contribution in [3.8, 4) is 17.6 Å². The summed E-state index contributed by atoms with van der Waals surface area (Å²) in [5.74, 6) is 3.16. The number of aliphatic hydroxyl groups is 2. The molecule has 156 valence electrons. The van der Waals surface area contributed by atoms with Gasteiger partial charge in [-0.25, -0.2) is 4.79 Å². The maximum absolute atomic E-state index is 11.9. The minimum absolute atomic E-state index is 0.160. The molecule has 0 radical (unpaired) electrons. The van der Waals surface area contributed by atoms with E-state index in [2.05, 4.69) is 11.8 Å². The average Bonchev–Trinajstić information content (AvgIpc) is 2.62. The summed E-state index contributed by atoms with van der Waals surface area (Å²) in [6.07, 6.45) is 1.54. The normalized spacial score (nSPS) is 15.7. The van der Waals surface area contributed by atoms with Gasteiger partial charge < -0.3 is 24.8 Å². The molecule has 0 bridgehead atoms. The number of ether oxygens (including phenoxy) is 2. The van der Waals surface area contributed by atoms with Gasteiger partial charge in [0.25, 0.3) is 0 Å². The van der Waals surface area contributed by atoms with Crippen molar-refractivity contribution in [2.24, 2.45) is 5.92 Å². The molecule has 2 unspecified atom stereocenters. The number of carboxylic acid groups (broad SMARTS) is 1. The molecule has 1 aromatic carbocycles. The molecule has 0 fully saturated rings. The zero-order valence-corrected chi connectivity index (χ0v) is 17.4. The number of rotatable bonds is 10. The number of methoxy groups -OCH3 is 1. The molecule has 0 amide bonds. The minimum Gasteiger partial charge on any atom is -0.497 e. The lowest BCUT2D eigenvalue weighted by atomic mass is 9.84. The van der Waals surface area contributed by atoms with E-state index in [-0.39, 0.29) is 6.42 Å². The van der Waals surface area contributed by atoms with E-state index in [1.54, 1.807) is 31.4 Å². The van der Waals surface area contributed by atoms with Crippen LogP contribution in [0.15, 0.2) is 24.3 Å². The average molecular weight is 392 g/mol. The lowest BCUT2D eigenvalue weighted by Gasteiger charge is -2.36. The number of unbranched alkanes of at least 4 members (excludes halogenated alkanes) is 1. The van der Waals surface area contributed by atoms with E-state index in [1.165, 1.54) is 20.8 Å². The summed E-state index contributed by atoms with van der Waals surface area (Å²) >= 11 is 0. The van der Waals surface area contributed by atoms with Crippen molar-refractivity contribution >= 4 is 5.97 Å². The number of hydrogen-bond donors (Lipinski definition) is 3. The monoisotopic (exact) mass is 392 g/mol. The molecule has 1 aromatic rings. The van der Waals surface area contributed by atoms with E-state index < -0.39 is 29.4 Å². The van der Waals surface area contributed by atoms with Gasteiger partial charge in [0.1, 0.15) is 5.75 Å². The molecule has 0 heterocycles. The third-order valence-corrected chi connectivity index (χ3v) is 4.47. The molecule has 0 aliphatic carbocycles. The fourth-order valence-electron chi connectivity index (χ4n) is 2.90. The van der Waals surface area contributed by atoms with Gasteiger partial charge in [0, 0.05) is 6.42 Å². The van der Waals surface area contributed by atoms with Crippen LogP contribution in [0.3, 0.4) is 0 Å². The van der Waals surface area contributed by atoms with Crippen molar-refractivity contribution in [2.75, 3.05) is 7.11 Å². The first-order chi connectivity index (χ1) is 13.0. The van der Waals surface area contributed by atoms with Gasteiger partial charge in [0.05, 0.1) is 19.1 Å². The second-order valence-corrected chi connectivity index (χ2v) is 7.47. The first-order valence-corrected chi connectivity index (χ1v) is 9.49. The highest BCUT2D eigenvalue weighted by atomic mass is 16.6. The highest BCUT2D eigenvalue weighted by Crippen LogP contribution is 2.31. The predicted octanol–water partition coefficient (Wildman–Crippen LogP) is 3.52. The fourth-order valence-corrected chi connectivity index (χ4v) is 2.90. The molecule has 3 atom stereocenters. The van der Waals surface area contributed by atoms with Crippen molar-refractivity contribution in [3.63, 3.8) is 0 Å². The molecule has 3 N–H and O–H groups in total. The zero-order chi connectivity index (χ0) is 21.4. The van der Waals surface area contributed by atoms with Gasteiger partial charge in [-0.05, 0) is 44.9 Å². The van der Waals surface area contributed by atoms with Gasteiger partial charge in [-0.15, -0.1) is 0 Å². The van der Waals surface area contributed by atoms with Crippen LogP contribution in [0.5, 0.6) is 5.75 Å². The molecule has 0 aromatic heterocycles. The summed E-state index contributed by atoms with van der Waals surface area (Å²) < 4.78 is 10.6. The van der Waals surface area contributed by atoms with E-state index >= 15 is 0 Å². The maximum atomic E-state index is 11.9. The number of carbonyl (C=O) groups is 1. The van der Waals surface area contributed by atoms with Gasteiger partial charge in [-0.2, -0.15) is 0 Å². The molecule has 1 rings (SSSR count). The summed E-state index contributed by atoms with van der Waals surface area (Å²) in [7, 11) is 1.57. The van der Waals surface area contributed by atoms with Gasteiger partial charge >= 0.3 is 5.97 Å². The topological polar surface area (TPSA) is 96.2 Å². The van der Waals surface area contributed by atoms with Crippen LogP contribution in [-0.2, 0) is 9.53 Å². The summed E-state index contributed by atoms with van der Waals surface area (Å²) in [5.41, 5.74) is -0.958. The Kier molecular flexibility index (Phi) is 8.96. The van der Waals surface area contributed by atoms with Crippen LogP contribution in [0.25, 0.3) is 0 Å². The second kappa shape index (κ2) is 10.5. The lowest BCUT2D eigenvalue weighted by molar-refractivity contribution is -0.253. The highest BCUT2D eigenvalue weighted by Gasteiger charge is 2.45. The van der Waals surface area contributed by atoms with Crippen LogP contribution in [0.4, 0.5) is 0 Å².